The molecule has 0 aliphatic carbocycles. The summed E-state index contributed by atoms with van der Waals surface area (Å²) in [6.45, 7) is 0.270. The first-order valence-corrected chi connectivity index (χ1v) is 9.82. The van der Waals surface area contributed by atoms with Gasteiger partial charge in [0.05, 0.1) is 14.2 Å². The molecule has 0 fully saturated rings. The molecule has 32 heavy (non-hydrogen) atoms. The van der Waals surface area contributed by atoms with Crippen LogP contribution in [-0.4, -0.2) is 26.0 Å². The predicted octanol–water partition coefficient (Wildman–Crippen LogP) is 4.42. The van der Waals surface area contributed by atoms with Crippen molar-refractivity contribution in [1.29, 1.82) is 0 Å². The van der Waals surface area contributed by atoms with Crippen molar-refractivity contribution in [2.75, 3.05) is 19.5 Å². The molecule has 164 valence electrons. The van der Waals surface area contributed by atoms with Gasteiger partial charge in [0.25, 0.3) is 5.91 Å². The van der Waals surface area contributed by atoms with Crippen LogP contribution < -0.4 is 20.1 Å². The Morgan fingerprint density at radius 2 is 1.78 bits per heavy atom. The highest BCUT2D eigenvalue weighted by Gasteiger charge is 2.08. The molecule has 0 saturated heterocycles. The number of hydrogen-bond acceptors (Lipinski definition) is 4. The minimum absolute atomic E-state index is 0.225. The third-order valence-electron chi connectivity index (χ3n) is 4.59. The second kappa shape index (κ2) is 10.8. The van der Waals surface area contributed by atoms with Crippen molar-refractivity contribution in [2.45, 2.75) is 6.54 Å². The largest absolute Gasteiger partial charge is 0.497 e. The summed E-state index contributed by atoms with van der Waals surface area (Å²) in [6, 6.07) is 17.8. The van der Waals surface area contributed by atoms with E-state index in [2.05, 4.69) is 10.6 Å². The van der Waals surface area contributed by atoms with Crippen LogP contribution in [0.1, 0.15) is 21.5 Å². The van der Waals surface area contributed by atoms with Gasteiger partial charge in [0.1, 0.15) is 17.3 Å². The number of halogens is 1. The standard InChI is InChI=1S/C25H23FN2O4/c1-31-22-11-9-18(23(15-22)32-2)10-12-24(29)27-16-17-5-3-8-21(13-17)28-25(30)19-6-4-7-20(26)14-19/h3-15H,16H2,1-2H3,(H,27,29)(H,28,30)/b12-10+. The average molecular weight is 434 g/mol. The van der Waals surface area contributed by atoms with E-state index in [1.165, 1.54) is 30.3 Å². The fourth-order valence-electron chi connectivity index (χ4n) is 2.96. The van der Waals surface area contributed by atoms with Crippen LogP contribution in [-0.2, 0) is 11.3 Å². The Morgan fingerprint density at radius 1 is 0.969 bits per heavy atom. The molecule has 0 aliphatic rings. The van der Waals surface area contributed by atoms with Crippen LogP contribution >= 0.6 is 0 Å². The summed E-state index contributed by atoms with van der Waals surface area (Å²) in [7, 11) is 3.12. The molecule has 0 atom stereocenters. The third-order valence-corrected chi connectivity index (χ3v) is 4.59. The first-order valence-electron chi connectivity index (χ1n) is 9.82. The maximum Gasteiger partial charge on any atom is 0.255 e. The van der Waals surface area contributed by atoms with Crippen LogP contribution in [0.5, 0.6) is 11.5 Å². The Hall–Kier alpha value is -4.13. The van der Waals surface area contributed by atoms with Crippen molar-refractivity contribution in [1.82, 2.24) is 5.32 Å². The Morgan fingerprint density at radius 3 is 2.53 bits per heavy atom. The molecule has 3 aromatic rings. The molecule has 0 radical (unpaired) electrons. The first kappa shape index (κ1) is 22.6. The molecule has 0 saturated carbocycles. The summed E-state index contributed by atoms with van der Waals surface area (Å²) in [5.41, 5.74) is 2.31. The van der Waals surface area contributed by atoms with Gasteiger partial charge >= 0.3 is 0 Å². The summed E-state index contributed by atoms with van der Waals surface area (Å²) in [5.74, 6) is 0.0801. The number of rotatable bonds is 8. The zero-order valence-electron chi connectivity index (χ0n) is 17.7. The number of nitrogens with one attached hydrogen (secondary N) is 2. The third kappa shape index (κ3) is 6.18. The van der Waals surface area contributed by atoms with E-state index < -0.39 is 11.7 Å². The average Bonchev–Trinajstić information content (AvgIpc) is 2.81. The van der Waals surface area contributed by atoms with Gasteiger partial charge < -0.3 is 20.1 Å². The van der Waals surface area contributed by atoms with Gasteiger partial charge in [-0.25, -0.2) is 4.39 Å². The summed E-state index contributed by atoms with van der Waals surface area (Å²) in [6.07, 6.45) is 3.07. The number of ether oxygens (including phenoxy) is 2. The molecule has 0 aliphatic heterocycles. The number of amides is 2. The zero-order valence-corrected chi connectivity index (χ0v) is 17.7. The number of hydrogen-bond donors (Lipinski definition) is 2. The lowest BCUT2D eigenvalue weighted by molar-refractivity contribution is -0.116. The fourth-order valence-corrected chi connectivity index (χ4v) is 2.96. The van der Waals surface area contributed by atoms with E-state index in [1.807, 2.05) is 6.07 Å². The van der Waals surface area contributed by atoms with Crippen LogP contribution in [0.15, 0.2) is 72.8 Å². The molecule has 0 bridgehead atoms. The quantitative estimate of drug-likeness (QED) is 0.515. The van der Waals surface area contributed by atoms with E-state index in [-0.39, 0.29) is 18.0 Å². The van der Waals surface area contributed by atoms with E-state index in [4.69, 9.17) is 9.47 Å². The fraction of sp³-hybridized carbons (Fsp3) is 0.120. The van der Waals surface area contributed by atoms with Gasteiger partial charge in [0, 0.05) is 35.5 Å². The number of methoxy groups -OCH3 is 2. The second-order valence-electron chi connectivity index (χ2n) is 6.82. The molecule has 2 N–H and O–H groups in total. The molecule has 3 aromatic carbocycles. The van der Waals surface area contributed by atoms with Gasteiger partial charge in [-0.2, -0.15) is 0 Å². The Kier molecular flexibility index (Phi) is 7.59. The SMILES string of the molecule is COc1ccc(/C=C/C(=O)NCc2cccc(NC(=O)c3cccc(F)c3)c2)c(OC)c1. The molecule has 7 heteroatoms. The molecule has 3 rings (SSSR count). The van der Waals surface area contributed by atoms with E-state index in [0.717, 1.165) is 11.1 Å². The second-order valence-corrected chi connectivity index (χ2v) is 6.82. The maximum atomic E-state index is 13.3. The smallest absolute Gasteiger partial charge is 0.255 e. The van der Waals surface area contributed by atoms with Crippen molar-refractivity contribution in [3.63, 3.8) is 0 Å². The van der Waals surface area contributed by atoms with Crippen LogP contribution in [0.25, 0.3) is 6.08 Å². The highest BCUT2D eigenvalue weighted by molar-refractivity contribution is 6.04. The molecule has 0 heterocycles. The Labute approximate surface area is 185 Å². The minimum atomic E-state index is -0.477. The Bertz CT molecular complexity index is 1140. The van der Waals surface area contributed by atoms with Crippen molar-refractivity contribution in [3.05, 3.63) is 95.3 Å². The van der Waals surface area contributed by atoms with Gasteiger partial charge in [-0.05, 0) is 54.1 Å². The van der Waals surface area contributed by atoms with Crippen molar-refractivity contribution in [3.8, 4) is 11.5 Å². The normalized spacial score (nSPS) is 10.6. The molecule has 2 amide bonds. The van der Waals surface area contributed by atoms with Crippen LogP contribution in [0.4, 0.5) is 10.1 Å². The number of benzene rings is 3. The lowest BCUT2D eigenvalue weighted by Gasteiger charge is -2.09. The van der Waals surface area contributed by atoms with E-state index in [0.29, 0.717) is 17.2 Å². The summed E-state index contributed by atoms with van der Waals surface area (Å²) in [5, 5.41) is 5.52. The van der Waals surface area contributed by atoms with Gasteiger partial charge in [-0.1, -0.05) is 18.2 Å². The van der Waals surface area contributed by atoms with Crippen LogP contribution in [0, 0.1) is 5.82 Å². The van der Waals surface area contributed by atoms with Crippen molar-refractivity contribution >= 4 is 23.6 Å². The molecular formula is C25H23FN2O4. The molecule has 0 spiro atoms. The topological polar surface area (TPSA) is 76.7 Å². The van der Waals surface area contributed by atoms with Gasteiger partial charge in [-0.3, -0.25) is 9.59 Å². The molecule has 0 aromatic heterocycles. The summed E-state index contributed by atoms with van der Waals surface area (Å²) < 4.78 is 23.8. The number of carbonyl (C=O) groups excluding carboxylic acids is 2. The van der Waals surface area contributed by atoms with Gasteiger partial charge in [0.2, 0.25) is 5.91 Å². The zero-order chi connectivity index (χ0) is 22.9. The highest BCUT2D eigenvalue weighted by Crippen LogP contribution is 2.25. The minimum Gasteiger partial charge on any atom is -0.497 e. The molecule has 6 nitrogen and oxygen atoms in total. The lowest BCUT2D eigenvalue weighted by Crippen LogP contribution is -2.20. The van der Waals surface area contributed by atoms with Crippen molar-refractivity contribution in [2.24, 2.45) is 0 Å². The lowest BCUT2D eigenvalue weighted by atomic mass is 10.1. The van der Waals surface area contributed by atoms with Gasteiger partial charge in [0.15, 0.2) is 0 Å². The molecular weight excluding hydrogens is 411 g/mol. The summed E-state index contributed by atoms with van der Waals surface area (Å²) in [4.78, 5) is 24.5. The maximum absolute atomic E-state index is 13.3. The highest BCUT2D eigenvalue weighted by atomic mass is 19.1. The Balaban J connectivity index is 1.58. The number of carbonyl (C=O) groups is 2. The van der Waals surface area contributed by atoms with Crippen molar-refractivity contribution < 1.29 is 23.5 Å². The van der Waals surface area contributed by atoms with E-state index in [1.54, 1.807) is 56.7 Å². The monoisotopic (exact) mass is 434 g/mol. The van der Waals surface area contributed by atoms with E-state index >= 15 is 0 Å². The van der Waals surface area contributed by atoms with Gasteiger partial charge in [-0.15, -0.1) is 0 Å². The van der Waals surface area contributed by atoms with Crippen LogP contribution in [0.2, 0.25) is 0 Å². The number of anilines is 1. The first-order chi connectivity index (χ1) is 15.5. The summed E-state index contributed by atoms with van der Waals surface area (Å²) >= 11 is 0. The molecule has 0 unspecified atom stereocenters. The van der Waals surface area contributed by atoms with Crippen LogP contribution in [0.3, 0.4) is 0 Å². The predicted molar refractivity (Wildman–Crippen MR) is 121 cm³/mol. The van der Waals surface area contributed by atoms with E-state index in [9.17, 15) is 14.0 Å².